The number of rotatable bonds is 8. The van der Waals surface area contributed by atoms with Gasteiger partial charge in [-0.15, -0.1) is 0 Å². The summed E-state index contributed by atoms with van der Waals surface area (Å²) in [5.74, 6) is -0.313. The number of Topliss-reactive ketones (excluding diaryl/α,β-unsaturated/α-hetero) is 1. The number of ether oxygens (including phenoxy) is 2. The number of ketones is 1. The molecule has 2 aromatic rings. The molecule has 6 nitrogen and oxygen atoms in total. The predicted molar refractivity (Wildman–Crippen MR) is 97.3 cm³/mol. The SMILES string of the molecule is CC(=O)Nc1ccc(C(=O)COC(=O)CCOc2cccc(C)c2)cc1. The minimum Gasteiger partial charge on any atom is -0.493 e. The van der Waals surface area contributed by atoms with Gasteiger partial charge in [0.25, 0.3) is 0 Å². The lowest BCUT2D eigenvalue weighted by Crippen LogP contribution is -2.16. The highest BCUT2D eigenvalue weighted by molar-refractivity contribution is 5.98. The van der Waals surface area contributed by atoms with Crippen LogP contribution in [0.1, 0.15) is 29.3 Å². The van der Waals surface area contributed by atoms with Gasteiger partial charge in [0.2, 0.25) is 5.91 Å². The summed E-state index contributed by atoms with van der Waals surface area (Å²) in [6.45, 7) is 3.21. The Labute approximate surface area is 152 Å². The zero-order valence-corrected chi connectivity index (χ0v) is 14.8. The Morgan fingerprint density at radius 2 is 1.77 bits per heavy atom. The van der Waals surface area contributed by atoms with Gasteiger partial charge in [-0.25, -0.2) is 0 Å². The molecule has 0 saturated heterocycles. The molecule has 0 fully saturated rings. The fraction of sp³-hybridized carbons (Fsp3) is 0.250. The molecular weight excluding hydrogens is 334 g/mol. The van der Waals surface area contributed by atoms with Crippen LogP contribution in [0.2, 0.25) is 0 Å². The summed E-state index contributed by atoms with van der Waals surface area (Å²) in [6, 6.07) is 13.9. The van der Waals surface area contributed by atoms with Crippen molar-refractivity contribution in [3.8, 4) is 5.75 Å². The van der Waals surface area contributed by atoms with Crippen molar-refractivity contribution in [3.63, 3.8) is 0 Å². The number of amides is 1. The van der Waals surface area contributed by atoms with E-state index in [1.54, 1.807) is 24.3 Å². The van der Waals surface area contributed by atoms with E-state index in [1.807, 2.05) is 31.2 Å². The van der Waals surface area contributed by atoms with Gasteiger partial charge >= 0.3 is 5.97 Å². The maximum absolute atomic E-state index is 12.0. The predicted octanol–water partition coefficient (Wildman–Crippen LogP) is 3.15. The van der Waals surface area contributed by atoms with Gasteiger partial charge in [-0.2, -0.15) is 0 Å². The fourth-order valence-corrected chi connectivity index (χ4v) is 2.20. The molecule has 0 aliphatic rings. The van der Waals surface area contributed by atoms with Crippen LogP contribution < -0.4 is 10.1 Å². The third-order valence-corrected chi connectivity index (χ3v) is 3.46. The second-order valence-corrected chi connectivity index (χ2v) is 5.76. The number of hydrogen-bond acceptors (Lipinski definition) is 5. The summed E-state index contributed by atoms with van der Waals surface area (Å²) >= 11 is 0. The number of benzene rings is 2. The lowest BCUT2D eigenvalue weighted by Gasteiger charge is -2.08. The van der Waals surface area contributed by atoms with Gasteiger partial charge in [-0.3, -0.25) is 14.4 Å². The van der Waals surface area contributed by atoms with Crippen molar-refractivity contribution in [2.75, 3.05) is 18.5 Å². The van der Waals surface area contributed by atoms with Crippen LogP contribution in [0.4, 0.5) is 5.69 Å². The average molecular weight is 355 g/mol. The standard InChI is InChI=1S/C20H21NO5/c1-14-4-3-5-18(12-14)25-11-10-20(24)26-13-19(23)16-6-8-17(9-7-16)21-15(2)22/h3-9,12H,10-11,13H2,1-2H3,(H,21,22). The zero-order valence-electron chi connectivity index (χ0n) is 14.8. The number of aryl methyl sites for hydroxylation is 1. The highest BCUT2D eigenvalue weighted by atomic mass is 16.5. The van der Waals surface area contributed by atoms with Gasteiger partial charge in [0.15, 0.2) is 12.4 Å². The van der Waals surface area contributed by atoms with E-state index in [2.05, 4.69) is 5.32 Å². The average Bonchev–Trinajstić information content (AvgIpc) is 2.60. The molecule has 0 aliphatic carbocycles. The summed E-state index contributed by atoms with van der Waals surface area (Å²) in [5, 5.41) is 2.61. The molecule has 6 heteroatoms. The van der Waals surface area contributed by atoms with E-state index in [0.717, 1.165) is 5.56 Å². The van der Waals surface area contributed by atoms with Crippen LogP contribution in [-0.2, 0) is 14.3 Å². The first-order chi connectivity index (χ1) is 12.4. The van der Waals surface area contributed by atoms with Gasteiger partial charge in [-0.05, 0) is 48.9 Å². The van der Waals surface area contributed by atoms with Crippen molar-refractivity contribution in [1.82, 2.24) is 0 Å². The van der Waals surface area contributed by atoms with E-state index in [1.165, 1.54) is 6.92 Å². The number of nitrogens with one attached hydrogen (secondary N) is 1. The summed E-state index contributed by atoms with van der Waals surface area (Å²) in [7, 11) is 0. The molecule has 2 rings (SSSR count). The maximum Gasteiger partial charge on any atom is 0.309 e. The largest absolute Gasteiger partial charge is 0.493 e. The molecule has 1 N–H and O–H groups in total. The normalized spacial score (nSPS) is 10.1. The first-order valence-electron chi connectivity index (χ1n) is 8.20. The third-order valence-electron chi connectivity index (χ3n) is 3.46. The van der Waals surface area contributed by atoms with E-state index in [9.17, 15) is 14.4 Å². The quantitative estimate of drug-likeness (QED) is 0.581. The van der Waals surface area contributed by atoms with Crippen LogP contribution in [0.25, 0.3) is 0 Å². The monoisotopic (exact) mass is 355 g/mol. The summed E-state index contributed by atoms with van der Waals surface area (Å²) in [4.78, 5) is 34.7. The van der Waals surface area contributed by atoms with Crippen molar-refractivity contribution in [1.29, 1.82) is 0 Å². The van der Waals surface area contributed by atoms with Gasteiger partial charge in [0.1, 0.15) is 5.75 Å². The van der Waals surface area contributed by atoms with Crippen LogP contribution in [0, 0.1) is 6.92 Å². The topological polar surface area (TPSA) is 81.7 Å². The molecule has 2 aromatic carbocycles. The summed E-state index contributed by atoms with van der Waals surface area (Å²) in [5.41, 5.74) is 2.07. The minimum atomic E-state index is -0.499. The van der Waals surface area contributed by atoms with Crippen LogP contribution in [0.5, 0.6) is 5.75 Å². The van der Waals surface area contributed by atoms with E-state index in [0.29, 0.717) is 17.0 Å². The molecule has 0 radical (unpaired) electrons. The maximum atomic E-state index is 12.0. The zero-order chi connectivity index (χ0) is 18.9. The van der Waals surface area contributed by atoms with Crippen molar-refractivity contribution in [2.24, 2.45) is 0 Å². The second-order valence-electron chi connectivity index (χ2n) is 5.76. The number of hydrogen-bond donors (Lipinski definition) is 1. The fourth-order valence-electron chi connectivity index (χ4n) is 2.20. The lowest BCUT2D eigenvalue weighted by atomic mass is 10.1. The van der Waals surface area contributed by atoms with Crippen molar-refractivity contribution in [2.45, 2.75) is 20.3 Å². The van der Waals surface area contributed by atoms with Gasteiger partial charge in [0.05, 0.1) is 13.0 Å². The summed E-state index contributed by atoms with van der Waals surface area (Å²) in [6.07, 6.45) is 0.0582. The van der Waals surface area contributed by atoms with Crippen LogP contribution >= 0.6 is 0 Å². The van der Waals surface area contributed by atoms with Crippen LogP contribution in [-0.4, -0.2) is 30.9 Å². The molecule has 0 unspecified atom stereocenters. The molecule has 136 valence electrons. The Balaban J connectivity index is 1.72. The molecular formula is C20H21NO5. The Morgan fingerprint density at radius 3 is 2.42 bits per heavy atom. The smallest absolute Gasteiger partial charge is 0.309 e. The van der Waals surface area contributed by atoms with E-state index in [4.69, 9.17) is 9.47 Å². The Bertz CT molecular complexity index is 783. The Kier molecular flexibility index (Phi) is 6.91. The molecule has 26 heavy (non-hydrogen) atoms. The molecule has 0 heterocycles. The van der Waals surface area contributed by atoms with Gasteiger partial charge in [-0.1, -0.05) is 12.1 Å². The number of anilines is 1. The van der Waals surface area contributed by atoms with E-state index in [-0.39, 0.29) is 31.3 Å². The van der Waals surface area contributed by atoms with Crippen LogP contribution in [0.3, 0.4) is 0 Å². The summed E-state index contributed by atoms with van der Waals surface area (Å²) < 4.78 is 10.4. The van der Waals surface area contributed by atoms with Crippen molar-refractivity contribution < 1.29 is 23.9 Å². The highest BCUT2D eigenvalue weighted by Crippen LogP contribution is 2.13. The van der Waals surface area contributed by atoms with E-state index >= 15 is 0 Å². The number of carbonyl (C=O) groups excluding carboxylic acids is 3. The van der Waals surface area contributed by atoms with Gasteiger partial charge < -0.3 is 14.8 Å². The number of carbonyl (C=O) groups is 3. The highest BCUT2D eigenvalue weighted by Gasteiger charge is 2.10. The van der Waals surface area contributed by atoms with Crippen LogP contribution in [0.15, 0.2) is 48.5 Å². The first-order valence-corrected chi connectivity index (χ1v) is 8.20. The molecule has 1 amide bonds. The lowest BCUT2D eigenvalue weighted by molar-refractivity contribution is -0.143. The second kappa shape index (κ2) is 9.36. The van der Waals surface area contributed by atoms with Crippen molar-refractivity contribution >= 4 is 23.3 Å². The van der Waals surface area contributed by atoms with E-state index < -0.39 is 5.97 Å². The first kappa shape index (κ1) is 19.2. The Morgan fingerprint density at radius 1 is 1.04 bits per heavy atom. The van der Waals surface area contributed by atoms with Crippen molar-refractivity contribution in [3.05, 3.63) is 59.7 Å². The number of esters is 1. The third kappa shape index (κ3) is 6.39. The molecule has 0 aliphatic heterocycles. The Hall–Kier alpha value is -3.15. The molecule has 0 saturated carbocycles. The molecule has 0 aromatic heterocycles. The van der Waals surface area contributed by atoms with Gasteiger partial charge in [0, 0.05) is 18.2 Å². The molecule has 0 bridgehead atoms. The minimum absolute atomic E-state index is 0.0582. The molecule has 0 spiro atoms. The molecule has 0 atom stereocenters.